The number of hydrogen-bond donors (Lipinski definition) is 1. The Morgan fingerprint density at radius 1 is 1.21 bits per heavy atom. The highest BCUT2D eigenvalue weighted by Crippen LogP contribution is 2.31. The normalized spacial score (nSPS) is 17.7. The Labute approximate surface area is 172 Å². The van der Waals surface area contributed by atoms with Gasteiger partial charge in [0.25, 0.3) is 0 Å². The molecule has 3 rings (SSSR count). The van der Waals surface area contributed by atoms with Crippen molar-refractivity contribution in [1.82, 2.24) is 4.31 Å². The van der Waals surface area contributed by atoms with Crippen molar-refractivity contribution < 1.29 is 17.9 Å². The Morgan fingerprint density at radius 3 is 2.59 bits per heavy atom. The highest BCUT2D eigenvalue weighted by molar-refractivity contribution is 7.89. The fraction of sp³-hybridized carbons (Fsp3) is 0.409. The van der Waals surface area contributed by atoms with Crippen LogP contribution in [-0.4, -0.2) is 38.8 Å². The number of anilines is 1. The molecule has 2 aromatic rings. The summed E-state index contributed by atoms with van der Waals surface area (Å²) in [7, 11) is -2.29. The largest absolute Gasteiger partial charge is 0.495 e. The minimum Gasteiger partial charge on any atom is -0.495 e. The van der Waals surface area contributed by atoms with Gasteiger partial charge in [-0.2, -0.15) is 4.31 Å². The van der Waals surface area contributed by atoms with Crippen molar-refractivity contribution >= 4 is 21.6 Å². The summed E-state index contributed by atoms with van der Waals surface area (Å²) in [5, 5.41) is 2.92. The lowest BCUT2D eigenvalue weighted by Crippen LogP contribution is -2.43. The molecule has 0 bridgehead atoms. The summed E-state index contributed by atoms with van der Waals surface area (Å²) < 4.78 is 33.1. The Hall–Kier alpha value is -2.38. The molecule has 0 spiro atoms. The van der Waals surface area contributed by atoms with Gasteiger partial charge in [-0.3, -0.25) is 4.79 Å². The van der Waals surface area contributed by atoms with Crippen molar-refractivity contribution in [1.29, 1.82) is 0 Å². The van der Waals surface area contributed by atoms with Crippen molar-refractivity contribution in [3.63, 3.8) is 0 Å². The summed E-state index contributed by atoms with van der Waals surface area (Å²) >= 11 is 0. The lowest BCUT2D eigenvalue weighted by atomic mass is 9.98. The molecule has 1 aliphatic heterocycles. The molecule has 1 saturated heterocycles. The SMILES string of the molecule is CCc1ccc(NC(=O)[C@@H]2CCCN(S(=O)(=O)c3cc(C)ccc3OC)C2)cc1. The zero-order valence-corrected chi connectivity index (χ0v) is 18.0. The first-order valence-corrected chi connectivity index (χ1v) is 11.3. The maximum absolute atomic E-state index is 13.2. The number of piperidine rings is 1. The second-order valence-electron chi connectivity index (χ2n) is 7.40. The van der Waals surface area contributed by atoms with E-state index in [9.17, 15) is 13.2 Å². The maximum Gasteiger partial charge on any atom is 0.246 e. The quantitative estimate of drug-likeness (QED) is 0.781. The van der Waals surface area contributed by atoms with Gasteiger partial charge in [0.05, 0.1) is 13.0 Å². The fourth-order valence-corrected chi connectivity index (χ4v) is 5.33. The number of methoxy groups -OCH3 is 1. The molecule has 156 valence electrons. The number of carbonyl (C=O) groups excluding carboxylic acids is 1. The van der Waals surface area contributed by atoms with Gasteiger partial charge < -0.3 is 10.1 Å². The van der Waals surface area contributed by atoms with Crippen LogP contribution >= 0.6 is 0 Å². The van der Waals surface area contributed by atoms with E-state index < -0.39 is 10.0 Å². The lowest BCUT2D eigenvalue weighted by molar-refractivity contribution is -0.120. The van der Waals surface area contributed by atoms with Gasteiger partial charge in [-0.25, -0.2) is 8.42 Å². The molecule has 6 nitrogen and oxygen atoms in total. The van der Waals surface area contributed by atoms with Crippen LogP contribution in [0.5, 0.6) is 5.75 Å². The molecular formula is C22H28N2O4S. The summed E-state index contributed by atoms with van der Waals surface area (Å²) in [5.41, 5.74) is 2.77. The van der Waals surface area contributed by atoms with Crippen molar-refractivity contribution in [2.75, 3.05) is 25.5 Å². The van der Waals surface area contributed by atoms with Gasteiger partial charge in [0.2, 0.25) is 15.9 Å². The molecule has 29 heavy (non-hydrogen) atoms. The van der Waals surface area contributed by atoms with E-state index in [0.29, 0.717) is 25.1 Å². The van der Waals surface area contributed by atoms with E-state index in [4.69, 9.17) is 4.74 Å². The van der Waals surface area contributed by atoms with E-state index in [2.05, 4.69) is 12.2 Å². The Balaban J connectivity index is 1.75. The van der Waals surface area contributed by atoms with Gasteiger partial charge in [0.1, 0.15) is 10.6 Å². The van der Waals surface area contributed by atoms with Crippen LogP contribution in [0.2, 0.25) is 0 Å². The topological polar surface area (TPSA) is 75.7 Å². The molecule has 1 aliphatic rings. The number of nitrogens with zero attached hydrogens (tertiary/aromatic N) is 1. The number of aryl methyl sites for hydroxylation is 2. The van der Waals surface area contributed by atoms with Crippen molar-refractivity contribution in [2.45, 2.75) is 38.0 Å². The van der Waals surface area contributed by atoms with Crippen molar-refractivity contribution in [2.24, 2.45) is 5.92 Å². The minimum absolute atomic E-state index is 0.148. The molecule has 7 heteroatoms. The van der Waals surface area contributed by atoms with Crippen molar-refractivity contribution in [3.05, 3.63) is 53.6 Å². The molecule has 1 fully saturated rings. The smallest absolute Gasteiger partial charge is 0.246 e. The van der Waals surface area contributed by atoms with Gasteiger partial charge in [-0.15, -0.1) is 0 Å². The zero-order chi connectivity index (χ0) is 21.0. The number of hydrogen-bond acceptors (Lipinski definition) is 4. The first-order chi connectivity index (χ1) is 13.8. The van der Waals surface area contributed by atoms with E-state index >= 15 is 0 Å². The number of nitrogens with one attached hydrogen (secondary N) is 1. The number of carbonyl (C=O) groups is 1. The first-order valence-electron chi connectivity index (χ1n) is 9.89. The fourth-order valence-electron chi connectivity index (χ4n) is 3.57. The summed E-state index contributed by atoms with van der Waals surface area (Å²) in [6.45, 7) is 4.48. The third-order valence-corrected chi connectivity index (χ3v) is 7.21. The summed E-state index contributed by atoms with van der Waals surface area (Å²) in [6, 6.07) is 12.8. The van der Waals surface area contributed by atoms with Gasteiger partial charge in [-0.05, 0) is 61.6 Å². The molecule has 1 heterocycles. The first kappa shape index (κ1) is 21.3. The van der Waals surface area contributed by atoms with Gasteiger partial charge >= 0.3 is 0 Å². The van der Waals surface area contributed by atoms with Crippen molar-refractivity contribution in [3.8, 4) is 5.75 Å². The monoisotopic (exact) mass is 416 g/mol. The van der Waals surface area contributed by atoms with Crippen LogP contribution < -0.4 is 10.1 Å². The molecular weight excluding hydrogens is 388 g/mol. The third kappa shape index (κ3) is 4.79. The predicted octanol–water partition coefficient (Wildman–Crippen LogP) is 3.61. The van der Waals surface area contributed by atoms with E-state index in [1.165, 1.54) is 17.0 Å². The standard InChI is InChI=1S/C22H28N2O4S/c1-4-17-8-10-19(11-9-17)23-22(25)18-6-5-13-24(15-18)29(26,27)21-14-16(2)7-12-20(21)28-3/h7-12,14,18H,4-6,13,15H2,1-3H3,(H,23,25)/t18-/m1/s1. The Kier molecular flexibility index (Phi) is 6.59. The molecule has 1 atom stereocenters. The Morgan fingerprint density at radius 2 is 1.93 bits per heavy atom. The second kappa shape index (κ2) is 8.97. The zero-order valence-electron chi connectivity index (χ0n) is 17.1. The number of sulfonamides is 1. The van der Waals surface area contributed by atoms with Crippen LogP contribution in [-0.2, 0) is 21.2 Å². The molecule has 0 aliphatic carbocycles. The maximum atomic E-state index is 13.2. The highest BCUT2D eigenvalue weighted by atomic mass is 32.2. The van der Waals surface area contributed by atoms with Gasteiger partial charge in [0.15, 0.2) is 0 Å². The average Bonchev–Trinajstić information content (AvgIpc) is 2.74. The van der Waals surface area contributed by atoms with Crippen LogP contribution in [0.1, 0.15) is 30.9 Å². The van der Waals surface area contributed by atoms with E-state index in [1.807, 2.05) is 37.3 Å². The van der Waals surface area contributed by atoms with Gasteiger partial charge in [0, 0.05) is 18.8 Å². The predicted molar refractivity (Wildman–Crippen MR) is 114 cm³/mol. The molecule has 0 aromatic heterocycles. The summed E-state index contributed by atoms with van der Waals surface area (Å²) in [5.74, 6) is -0.219. The minimum atomic E-state index is -3.75. The molecule has 0 saturated carbocycles. The van der Waals surface area contributed by atoms with Gasteiger partial charge in [-0.1, -0.05) is 25.1 Å². The van der Waals surface area contributed by atoms with E-state index in [-0.39, 0.29) is 23.3 Å². The number of ether oxygens (including phenoxy) is 1. The molecule has 2 aromatic carbocycles. The second-order valence-corrected chi connectivity index (χ2v) is 9.30. The Bertz CT molecular complexity index is 971. The summed E-state index contributed by atoms with van der Waals surface area (Å²) in [4.78, 5) is 12.9. The van der Waals surface area contributed by atoms with Crippen LogP contribution in [0, 0.1) is 12.8 Å². The molecule has 1 amide bonds. The number of benzene rings is 2. The van der Waals surface area contributed by atoms with E-state index in [1.54, 1.807) is 12.1 Å². The van der Waals surface area contributed by atoms with Crippen LogP contribution in [0.4, 0.5) is 5.69 Å². The van der Waals surface area contributed by atoms with Crippen LogP contribution in [0.3, 0.4) is 0 Å². The average molecular weight is 417 g/mol. The molecule has 0 radical (unpaired) electrons. The van der Waals surface area contributed by atoms with E-state index in [0.717, 1.165) is 17.7 Å². The lowest BCUT2D eigenvalue weighted by Gasteiger charge is -2.31. The number of rotatable bonds is 6. The molecule has 0 unspecified atom stereocenters. The van der Waals surface area contributed by atoms with Crippen LogP contribution in [0.25, 0.3) is 0 Å². The number of amides is 1. The summed E-state index contributed by atoms with van der Waals surface area (Å²) in [6.07, 6.45) is 2.24. The third-order valence-electron chi connectivity index (χ3n) is 5.32. The van der Waals surface area contributed by atoms with Crippen LogP contribution in [0.15, 0.2) is 47.4 Å². The molecule has 1 N–H and O–H groups in total. The highest BCUT2D eigenvalue weighted by Gasteiger charge is 2.34.